The largest absolute Gasteiger partial charge is 0.358 e. The fraction of sp³-hybridized carbons (Fsp3) is 0. The molecule has 0 saturated heterocycles. The molecule has 6 nitrogen and oxygen atoms in total. The van der Waals surface area contributed by atoms with Crippen molar-refractivity contribution >= 4 is 38.0 Å². The van der Waals surface area contributed by atoms with Crippen LogP contribution in [0.3, 0.4) is 0 Å². The minimum atomic E-state index is -3.92. The monoisotopic (exact) mass is 322 g/mol. The van der Waals surface area contributed by atoms with Crippen molar-refractivity contribution in [2.24, 2.45) is 0 Å². The Balaban J connectivity index is 2.06. The van der Waals surface area contributed by atoms with Gasteiger partial charge in [0.25, 0.3) is 15.3 Å². The summed E-state index contributed by atoms with van der Waals surface area (Å²) in [5.74, 6) is 0. The van der Waals surface area contributed by atoms with Crippen LogP contribution in [0.1, 0.15) is 5.56 Å². The summed E-state index contributed by atoms with van der Waals surface area (Å²) in [6, 6.07) is 6.89. The quantitative estimate of drug-likeness (QED) is 0.773. The average Bonchev–Trinajstić information content (AvgIpc) is 3.05. The molecule has 0 aliphatic rings. The van der Waals surface area contributed by atoms with E-state index in [1.54, 1.807) is 18.2 Å². The summed E-state index contributed by atoms with van der Waals surface area (Å²) >= 11 is 0.438. The van der Waals surface area contributed by atoms with Gasteiger partial charge in [-0.1, -0.05) is 23.5 Å². The fourth-order valence-corrected chi connectivity index (χ4v) is 3.79. The molecule has 3 aromatic rings. The van der Waals surface area contributed by atoms with Crippen molar-refractivity contribution in [3.05, 3.63) is 41.4 Å². The summed E-state index contributed by atoms with van der Waals surface area (Å²) in [6.45, 7) is 0. The van der Waals surface area contributed by atoms with E-state index in [9.17, 15) is 12.8 Å². The normalized spacial score (nSPS) is 11.4. The number of thiazole rings is 1. The average molecular weight is 322 g/mol. The maximum atomic E-state index is 12.9. The van der Waals surface area contributed by atoms with Gasteiger partial charge < -0.3 is 4.98 Å². The van der Waals surface area contributed by atoms with E-state index in [0.29, 0.717) is 27.8 Å². The predicted molar refractivity (Wildman–Crippen MR) is 75.9 cm³/mol. The highest BCUT2D eigenvalue weighted by molar-refractivity contribution is 7.94. The summed E-state index contributed by atoms with van der Waals surface area (Å²) in [5, 5.41) is 8.76. The van der Waals surface area contributed by atoms with Crippen molar-refractivity contribution < 1.29 is 12.8 Å². The van der Waals surface area contributed by atoms with Crippen molar-refractivity contribution in [2.45, 2.75) is 4.21 Å². The number of sulfonamides is 1. The molecule has 21 heavy (non-hydrogen) atoms. The molecular weight excluding hydrogens is 315 g/mol. The Morgan fingerprint density at radius 2 is 2.24 bits per heavy atom. The highest BCUT2D eigenvalue weighted by Gasteiger charge is 2.20. The second-order valence-electron chi connectivity index (χ2n) is 4.08. The predicted octanol–water partition coefficient (Wildman–Crippen LogP) is 2.44. The molecule has 0 unspecified atom stereocenters. The number of rotatable bonds is 3. The van der Waals surface area contributed by atoms with E-state index in [0.717, 1.165) is 6.20 Å². The summed E-state index contributed by atoms with van der Waals surface area (Å²) < 4.78 is 39.3. The summed E-state index contributed by atoms with van der Waals surface area (Å²) in [6.07, 6.45) is 2.45. The van der Waals surface area contributed by atoms with E-state index in [2.05, 4.69) is 14.7 Å². The molecule has 0 spiro atoms. The number of anilines is 1. The minimum Gasteiger partial charge on any atom is -0.358 e. The van der Waals surface area contributed by atoms with Crippen LogP contribution in [0.2, 0.25) is 0 Å². The number of hydrogen-bond donors (Lipinski definition) is 2. The van der Waals surface area contributed by atoms with Gasteiger partial charge in [0.05, 0.1) is 23.0 Å². The van der Waals surface area contributed by atoms with Crippen molar-refractivity contribution in [3.63, 3.8) is 0 Å². The van der Waals surface area contributed by atoms with Gasteiger partial charge in [0.15, 0.2) is 4.21 Å². The molecule has 0 aliphatic carbocycles. The van der Waals surface area contributed by atoms with Crippen molar-refractivity contribution in [2.75, 3.05) is 4.72 Å². The summed E-state index contributed by atoms with van der Waals surface area (Å²) in [5.41, 5.74) is 1.18. The Kier molecular flexibility index (Phi) is 3.12. The molecule has 0 saturated carbocycles. The van der Waals surface area contributed by atoms with E-state index in [1.807, 2.05) is 6.07 Å². The second-order valence-corrected chi connectivity index (χ2v) is 6.97. The van der Waals surface area contributed by atoms with Crippen LogP contribution in [0.5, 0.6) is 0 Å². The third kappa shape index (κ3) is 2.35. The van der Waals surface area contributed by atoms with Crippen molar-refractivity contribution in [1.29, 1.82) is 5.26 Å². The molecule has 0 atom stereocenters. The van der Waals surface area contributed by atoms with Gasteiger partial charge in [-0.3, -0.25) is 4.72 Å². The van der Waals surface area contributed by atoms with Gasteiger partial charge in [0, 0.05) is 11.6 Å². The van der Waals surface area contributed by atoms with Gasteiger partial charge in [-0.05, 0) is 6.07 Å². The number of nitriles is 1. The SMILES string of the molecule is N#Cc1c[nH]c2c(NS(=O)(=O)c3cnc(F)s3)cccc12. The molecule has 9 heteroatoms. The molecule has 0 bridgehead atoms. The Bertz CT molecular complexity index is 969. The molecule has 0 aliphatic heterocycles. The van der Waals surface area contributed by atoms with E-state index in [-0.39, 0.29) is 9.90 Å². The van der Waals surface area contributed by atoms with Crippen LogP contribution in [0.15, 0.2) is 34.8 Å². The molecule has 0 amide bonds. The highest BCUT2D eigenvalue weighted by atomic mass is 32.2. The molecule has 1 aromatic carbocycles. The van der Waals surface area contributed by atoms with Crippen molar-refractivity contribution in [1.82, 2.24) is 9.97 Å². The number of nitrogens with zero attached hydrogens (tertiary/aromatic N) is 2. The van der Waals surface area contributed by atoms with Crippen molar-refractivity contribution in [3.8, 4) is 6.07 Å². The Morgan fingerprint density at radius 1 is 1.43 bits per heavy atom. The molecule has 3 rings (SSSR count). The Hall–Kier alpha value is -2.44. The number of H-pyrrole nitrogens is 1. The fourth-order valence-electron chi connectivity index (χ4n) is 1.89. The highest BCUT2D eigenvalue weighted by Crippen LogP contribution is 2.28. The minimum absolute atomic E-state index is 0.218. The first-order valence-electron chi connectivity index (χ1n) is 5.65. The van der Waals surface area contributed by atoms with Gasteiger partial charge >= 0.3 is 0 Å². The van der Waals surface area contributed by atoms with E-state index in [4.69, 9.17) is 5.26 Å². The maximum Gasteiger partial charge on any atom is 0.273 e. The van der Waals surface area contributed by atoms with Gasteiger partial charge in [-0.25, -0.2) is 13.4 Å². The zero-order valence-electron chi connectivity index (χ0n) is 10.3. The number of hydrogen-bond acceptors (Lipinski definition) is 5. The van der Waals surface area contributed by atoms with Gasteiger partial charge in [-0.15, -0.1) is 0 Å². The summed E-state index contributed by atoms with van der Waals surface area (Å²) in [7, 11) is -3.92. The van der Waals surface area contributed by atoms with E-state index >= 15 is 0 Å². The lowest BCUT2D eigenvalue weighted by molar-refractivity contribution is 0.603. The standard InChI is InChI=1S/C12H7FN4O2S2/c13-12-16-6-10(20-12)21(18,19)17-9-3-1-2-8-7(4-14)5-15-11(8)9/h1-3,5-6,15,17H. The Morgan fingerprint density at radius 3 is 2.90 bits per heavy atom. The molecule has 2 heterocycles. The van der Waals surface area contributed by atoms with E-state index in [1.165, 1.54) is 6.20 Å². The van der Waals surface area contributed by atoms with Crippen LogP contribution in [-0.2, 0) is 10.0 Å². The third-order valence-corrected chi connectivity index (χ3v) is 5.41. The molecule has 2 aromatic heterocycles. The van der Waals surface area contributed by atoms with Crippen LogP contribution < -0.4 is 4.72 Å². The molecule has 0 fully saturated rings. The first-order valence-corrected chi connectivity index (χ1v) is 7.95. The van der Waals surface area contributed by atoms with Crippen LogP contribution in [0.25, 0.3) is 10.9 Å². The zero-order valence-corrected chi connectivity index (χ0v) is 11.9. The lowest BCUT2D eigenvalue weighted by Crippen LogP contribution is -2.11. The van der Waals surface area contributed by atoms with Gasteiger partial charge in [-0.2, -0.15) is 9.65 Å². The number of halogens is 1. The summed E-state index contributed by atoms with van der Waals surface area (Å²) in [4.78, 5) is 6.14. The van der Waals surface area contributed by atoms with E-state index < -0.39 is 15.3 Å². The first kappa shape index (κ1) is 13.5. The molecule has 2 N–H and O–H groups in total. The van der Waals surface area contributed by atoms with Gasteiger partial charge in [0.1, 0.15) is 6.07 Å². The smallest absolute Gasteiger partial charge is 0.273 e. The van der Waals surface area contributed by atoms with Crippen LogP contribution in [0.4, 0.5) is 10.1 Å². The first-order chi connectivity index (χ1) is 10.0. The number of para-hydroxylation sites is 1. The van der Waals surface area contributed by atoms with Gasteiger partial charge in [0.2, 0.25) is 0 Å². The lowest BCUT2D eigenvalue weighted by Gasteiger charge is -2.06. The second kappa shape index (κ2) is 4.83. The zero-order chi connectivity index (χ0) is 15.0. The number of benzene rings is 1. The number of nitrogens with one attached hydrogen (secondary N) is 2. The number of aromatic nitrogens is 2. The number of aromatic amines is 1. The van der Waals surface area contributed by atoms with Crippen LogP contribution >= 0.6 is 11.3 Å². The maximum absolute atomic E-state index is 12.9. The molecule has 106 valence electrons. The number of fused-ring (bicyclic) bond motifs is 1. The van der Waals surface area contributed by atoms with Crippen LogP contribution in [-0.4, -0.2) is 18.4 Å². The molecule has 0 radical (unpaired) electrons. The Labute approximate surface area is 122 Å². The molecular formula is C12H7FN4O2S2. The topological polar surface area (TPSA) is 98.6 Å². The third-order valence-electron chi connectivity index (χ3n) is 2.80. The lowest BCUT2D eigenvalue weighted by atomic mass is 10.2. The van der Waals surface area contributed by atoms with Crippen LogP contribution in [0, 0.1) is 16.6 Å².